The number of halogens is 3. The Hall–Kier alpha value is -1.54. The summed E-state index contributed by atoms with van der Waals surface area (Å²) in [5.41, 5.74) is -0.278. The van der Waals surface area contributed by atoms with Crippen molar-refractivity contribution in [3.63, 3.8) is 0 Å². The summed E-state index contributed by atoms with van der Waals surface area (Å²) in [5.74, 6) is -3.73. The van der Waals surface area contributed by atoms with Crippen molar-refractivity contribution < 1.29 is 27.3 Å². The lowest BCUT2D eigenvalue weighted by molar-refractivity contribution is -0.140. The predicted molar refractivity (Wildman–Crippen MR) is 96.6 cm³/mol. The first-order valence-corrected chi connectivity index (χ1v) is 9.20. The maximum atomic E-state index is 13.9. The zero-order valence-electron chi connectivity index (χ0n) is 16.2. The van der Waals surface area contributed by atoms with Gasteiger partial charge in [0.2, 0.25) is 5.91 Å². The van der Waals surface area contributed by atoms with Gasteiger partial charge in [-0.15, -0.1) is 0 Å². The Morgan fingerprint density at radius 2 is 1.81 bits per heavy atom. The van der Waals surface area contributed by atoms with Crippen molar-refractivity contribution in [1.82, 2.24) is 4.90 Å². The number of carbonyl (C=O) groups is 1. The van der Waals surface area contributed by atoms with Crippen LogP contribution in [0.5, 0.6) is 0 Å². The molecule has 0 saturated carbocycles. The predicted octanol–water partition coefficient (Wildman–Crippen LogP) is 2.93. The van der Waals surface area contributed by atoms with E-state index in [2.05, 4.69) is 0 Å². The number of likely N-dealkylation sites (tertiary alicyclic amines) is 1. The molecule has 3 rings (SSSR count). The van der Waals surface area contributed by atoms with Crippen LogP contribution in [-0.4, -0.2) is 48.1 Å². The number of hydrogen-bond acceptors (Lipinski definition) is 3. The van der Waals surface area contributed by atoms with Gasteiger partial charge in [-0.2, -0.15) is 0 Å². The summed E-state index contributed by atoms with van der Waals surface area (Å²) in [7, 11) is -0.823. The number of hydrogen-bond donors (Lipinski definition) is 0. The minimum Gasteiger partial charge on any atom is -0.399 e. The average molecular weight is 383 g/mol. The number of benzene rings is 1. The molecule has 8 heteroatoms. The molecule has 0 aliphatic carbocycles. The quantitative estimate of drug-likeness (QED) is 0.754. The fraction of sp³-hybridized carbons (Fsp3) is 0.632. The third-order valence-electron chi connectivity index (χ3n) is 5.70. The number of amides is 1. The van der Waals surface area contributed by atoms with Crippen molar-refractivity contribution in [1.29, 1.82) is 0 Å². The van der Waals surface area contributed by atoms with E-state index in [1.54, 1.807) is 0 Å². The maximum absolute atomic E-state index is 13.9. The van der Waals surface area contributed by atoms with E-state index in [1.807, 2.05) is 27.7 Å². The molecule has 0 atom stereocenters. The van der Waals surface area contributed by atoms with E-state index in [9.17, 15) is 18.0 Å². The summed E-state index contributed by atoms with van der Waals surface area (Å²) in [6.45, 7) is 7.26. The van der Waals surface area contributed by atoms with Crippen LogP contribution in [0, 0.1) is 5.82 Å². The van der Waals surface area contributed by atoms with Crippen LogP contribution in [0.3, 0.4) is 0 Å². The minimum absolute atomic E-state index is 0.101. The van der Waals surface area contributed by atoms with Gasteiger partial charge in [-0.3, -0.25) is 4.79 Å². The van der Waals surface area contributed by atoms with Crippen LogP contribution in [0.15, 0.2) is 18.2 Å². The molecular formula is C19H25BF3NO3. The Kier molecular flexibility index (Phi) is 5.10. The van der Waals surface area contributed by atoms with Crippen molar-refractivity contribution in [3.05, 3.63) is 29.6 Å². The molecule has 4 nitrogen and oxygen atoms in total. The maximum Gasteiger partial charge on any atom is 0.495 e. The van der Waals surface area contributed by atoms with Crippen LogP contribution in [0.1, 0.15) is 46.1 Å². The van der Waals surface area contributed by atoms with Gasteiger partial charge in [0.25, 0.3) is 5.92 Å². The van der Waals surface area contributed by atoms with Crippen molar-refractivity contribution >= 4 is 18.5 Å². The first-order chi connectivity index (χ1) is 12.4. The Morgan fingerprint density at radius 3 is 2.41 bits per heavy atom. The second kappa shape index (κ2) is 6.81. The highest BCUT2D eigenvalue weighted by Gasteiger charge is 2.52. The van der Waals surface area contributed by atoms with Crippen molar-refractivity contribution in [2.75, 3.05) is 13.1 Å². The molecule has 0 unspecified atom stereocenters. The molecular weight excluding hydrogens is 358 g/mol. The normalized spacial score (nSPS) is 23.5. The van der Waals surface area contributed by atoms with Crippen LogP contribution in [-0.2, 0) is 20.5 Å². The highest BCUT2D eigenvalue weighted by Crippen LogP contribution is 2.36. The summed E-state index contributed by atoms with van der Waals surface area (Å²) in [5, 5.41) is 0. The molecule has 0 N–H and O–H groups in total. The van der Waals surface area contributed by atoms with Crippen LogP contribution >= 0.6 is 0 Å². The molecule has 2 fully saturated rings. The number of nitrogens with zero attached hydrogens (tertiary/aromatic N) is 1. The molecule has 0 radical (unpaired) electrons. The highest BCUT2D eigenvalue weighted by atomic mass is 19.3. The first-order valence-electron chi connectivity index (χ1n) is 9.20. The van der Waals surface area contributed by atoms with Gasteiger partial charge in [0.1, 0.15) is 5.82 Å². The summed E-state index contributed by atoms with van der Waals surface area (Å²) in [4.78, 5) is 13.8. The lowest BCUT2D eigenvalue weighted by Gasteiger charge is -2.32. The minimum atomic E-state index is -2.86. The largest absolute Gasteiger partial charge is 0.495 e. The van der Waals surface area contributed by atoms with Crippen LogP contribution in [0.4, 0.5) is 13.2 Å². The zero-order chi connectivity index (χ0) is 20.0. The topological polar surface area (TPSA) is 38.8 Å². The summed E-state index contributed by atoms with van der Waals surface area (Å²) in [6.07, 6.45) is -0.0332. The van der Waals surface area contributed by atoms with E-state index < -0.39 is 42.5 Å². The monoisotopic (exact) mass is 383 g/mol. The van der Waals surface area contributed by atoms with Gasteiger partial charge >= 0.3 is 7.12 Å². The molecule has 2 heterocycles. The lowest BCUT2D eigenvalue weighted by Crippen LogP contribution is -2.47. The van der Waals surface area contributed by atoms with Gasteiger partial charge in [-0.1, -0.05) is 6.07 Å². The first kappa shape index (κ1) is 20.2. The average Bonchev–Trinajstić information content (AvgIpc) is 2.76. The van der Waals surface area contributed by atoms with Gasteiger partial charge < -0.3 is 14.2 Å². The molecule has 1 aromatic rings. The molecule has 2 saturated heterocycles. The number of carbonyl (C=O) groups excluding carboxylic acids is 1. The summed E-state index contributed by atoms with van der Waals surface area (Å²) >= 11 is 0. The standard InChI is InChI=1S/C19H25BF3NO3/c1-17(2)18(3,4)27-20(26-17)15-11-14(21)7-6-13(15)10-16(25)24-9-5-8-19(22,23)12-24/h6-7,11H,5,8-10,12H2,1-4H3. The molecule has 2 aliphatic heterocycles. The third kappa shape index (κ3) is 4.16. The SMILES string of the molecule is CC1(C)OB(c2cc(F)ccc2CC(=O)N2CCCC(F)(F)C2)OC1(C)C. The fourth-order valence-electron chi connectivity index (χ4n) is 3.37. The zero-order valence-corrected chi connectivity index (χ0v) is 16.2. The second-order valence-corrected chi connectivity index (χ2v) is 8.38. The van der Waals surface area contributed by atoms with Crippen molar-refractivity contribution in [2.45, 2.75) is 64.1 Å². The second-order valence-electron chi connectivity index (χ2n) is 8.38. The lowest BCUT2D eigenvalue weighted by atomic mass is 9.75. The van der Waals surface area contributed by atoms with E-state index in [4.69, 9.17) is 9.31 Å². The van der Waals surface area contributed by atoms with E-state index in [0.29, 0.717) is 17.6 Å². The van der Waals surface area contributed by atoms with Gasteiger partial charge in [0, 0.05) is 13.0 Å². The number of rotatable bonds is 3. The van der Waals surface area contributed by atoms with Crippen LogP contribution < -0.4 is 5.46 Å². The summed E-state index contributed by atoms with van der Waals surface area (Å²) < 4.78 is 53.1. The van der Waals surface area contributed by atoms with Crippen LogP contribution in [0.2, 0.25) is 0 Å². The van der Waals surface area contributed by atoms with Crippen molar-refractivity contribution in [2.24, 2.45) is 0 Å². The van der Waals surface area contributed by atoms with Gasteiger partial charge in [-0.25, -0.2) is 13.2 Å². The summed E-state index contributed by atoms with van der Waals surface area (Å²) in [6, 6.07) is 4.04. The van der Waals surface area contributed by atoms with E-state index in [0.717, 1.165) is 0 Å². The molecule has 1 amide bonds. The Balaban J connectivity index is 1.82. The Labute approximate surface area is 158 Å². The van der Waals surface area contributed by atoms with Crippen molar-refractivity contribution in [3.8, 4) is 0 Å². The van der Waals surface area contributed by atoms with Gasteiger partial charge in [0.15, 0.2) is 0 Å². The Bertz CT molecular complexity index is 723. The molecule has 148 valence electrons. The molecule has 0 bridgehead atoms. The molecule has 1 aromatic carbocycles. The fourth-order valence-corrected chi connectivity index (χ4v) is 3.37. The smallest absolute Gasteiger partial charge is 0.399 e. The molecule has 2 aliphatic rings. The molecule has 0 spiro atoms. The molecule has 0 aromatic heterocycles. The van der Waals surface area contributed by atoms with E-state index in [1.165, 1.54) is 23.1 Å². The van der Waals surface area contributed by atoms with Gasteiger partial charge in [-0.05, 0) is 57.3 Å². The number of alkyl halides is 2. The Morgan fingerprint density at radius 1 is 1.19 bits per heavy atom. The van der Waals surface area contributed by atoms with E-state index in [-0.39, 0.29) is 19.3 Å². The molecule has 27 heavy (non-hydrogen) atoms. The number of piperidine rings is 1. The van der Waals surface area contributed by atoms with Crippen LogP contribution in [0.25, 0.3) is 0 Å². The van der Waals surface area contributed by atoms with E-state index >= 15 is 0 Å². The van der Waals surface area contributed by atoms with Gasteiger partial charge in [0.05, 0.1) is 24.2 Å². The highest BCUT2D eigenvalue weighted by molar-refractivity contribution is 6.62. The third-order valence-corrected chi connectivity index (χ3v) is 5.70.